The van der Waals surface area contributed by atoms with Gasteiger partial charge in [0.15, 0.2) is 5.82 Å². The Bertz CT molecular complexity index is 1500. The Morgan fingerprint density at radius 1 is 0.912 bits per heavy atom. The molecule has 9 heteroatoms. The average molecular weight is 508 g/mol. The van der Waals surface area contributed by atoms with Gasteiger partial charge in [-0.2, -0.15) is 5.10 Å². The van der Waals surface area contributed by atoms with Crippen LogP contribution in [0.5, 0.6) is 5.75 Å². The van der Waals surface area contributed by atoms with Crippen LogP contribution in [0, 0.1) is 4.77 Å². The number of rotatable bonds is 7. The summed E-state index contributed by atoms with van der Waals surface area (Å²) in [6, 6.07) is 21.3. The fourth-order valence-corrected chi connectivity index (χ4v) is 4.45. The summed E-state index contributed by atoms with van der Waals surface area (Å²) < 4.78 is 8.44. The molecule has 0 unspecified atom stereocenters. The van der Waals surface area contributed by atoms with Crippen molar-refractivity contribution in [3.05, 3.63) is 105 Å². The van der Waals surface area contributed by atoms with Crippen LogP contribution in [0.4, 0.5) is 0 Å². The van der Waals surface area contributed by atoms with Crippen LogP contribution in [0.1, 0.15) is 11.1 Å². The zero-order valence-corrected chi connectivity index (χ0v) is 20.2. The topological polar surface area (TPSA) is 67.8 Å². The number of ether oxygens (including phenoxy) is 1. The molecule has 3 aromatic carbocycles. The summed E-state index contributed by atoms with van der Waals surface area (Å²) in [6.07, 6.45) is 3.43. The van der Waals surface area contributed by atoms with E-state index in [9.17, 15) is 0 Å². The van der Waals surface area contributed by atoms with Gasteiger partial charge in [-0.05, 0) is 53.3 Å². The minimum atomic E-state index is 0.247. The average Bonchev–Trinajstić information content (AvgIpc) is 3.23. The first-order valence-corrected chi connectivity index (χ1v) is 11.7. The maximum atomic E-state index is 6.35. The maximum absolute atomic E-state index is 6.35. The van der Waals surface area contributed by atoms with Crippen molar-refractivity contribution >= 4 is 46.2 Å². The molecule has 5 aromatic rings. The molecule has 0 saturated heterocycles. The van der Waals surface area contributed by atoms with Crippen LogP contribution < -0.4 is 10.2 Å². The third-order valence-electron chi connectivity index (χ3n) is 5.46. The second kappa shape index (κ2) is 9.85. The molecule has 170 valence electrons. The zero-order chi connectivity index (χ0) is 23.5. The molecular weight excluding hydrogens is 489 g/mol. The van der Waals surface area contributed by atoms with Gasteiger partial charge in [-0.1, -0.05) is 59.6 Å². The lowest BCUT2D eigenvalue weighted by Gasteiger charge is -2.17. The first kappa shape index (κ1) is 22.4. The van der Waals surface area contributed by atoms with E-state index in [4.69, 9.17) is 40.2 Å². The smallest absolute Gasteiger partial charge is 0.214 e. The third-order valence-corrected chi connectivity index (χ3v) is 6.44. The van der Waals surface area contributed by atoms with Gasteiger partial charge in [0, 0.05) is 39.1 Å². The molecule has 5 rings (SSSR count). The number of aromatic amines is 1. The number of pyridine rings is 1. The second-order valence-electron chi connectivity index (χ2n) is 7.51. The van der Waals surface area contributed by atoms with Gasteiger partial charge in [-0.25, -0.2) is 9.77 Å². The summed E-state index contributed by atoms with van der Waals surface area (Å²) in [6.45, 7) is 0.691. The summed E-state index contributed by atoms with van der Waals surface area (Å²) in [5.41, 5.74) is 6.00. The van der Waals surface area contributed by atoms with Gasteiger partial charge in [0.1, 0.15) is 12.4 Å². The summed E-state index contributed by atoms with van der Waals surface area (Å²) in [5.74, 6) is 1.39. The van der Waals surface area contributed by atoms with Gasteiger partial charge in [-0.3, -0.25) is 4.98 Å². The molecule has 0 amide bonds. The molecule has 0 spiro atoms. The molecule has 0 radical (unpaired) electrons. The standard InChI is InChI=1S/C25H19Cl2N5OS/c26-21-6-3-7-22(27)20(21)15-33-23-9-8-16-4-1-2-5-18(16)19(23)14-29-32-24(30-31-25(32)34)17-10-12-28-13-11-17/h1-13,29H,14-15H2,(H,31,34). The Balaban J connectivity index is 1.49. The van der Waals surface area contributed by atoms with E-state index in [0.717, 1.165) is 33.2 Å². The van der Waals surface area contributed by atoms with Crippen molar-refractivity contribution in [3.63, 3.8) is 0 Å². The van der Waals surface area contributed by atoms with Gasteiger partial charge >= 0.3 is 0 Å². The predicted octanol–water partition coefficient (Wildman–Crippen LogP) is 6.79. The quantitative estimate of drug-likeness (QED) is 0.237. The van der Waals surface area contributed by atoms with Crippen LogP contribution in [0.15, 0.2) is 79.1 Å². The van der Waals surface area contributed by atoms with Crippen LogP contribution in [0.2, 0.25) is 10.0 Å². The van der Waals surface area contributed by atoms with E-state index in [1.807, 2.05) is 42.5 Å². The molecule has 0 aliphatic heterocycles. The number of benzene rings is 3. The van der Waals surface area contributed by atoms with Gasteiger partial charge < -0.3 is 10.2 Å². The number of aromatic nitrogens is 4. The number of nitrogens with zero attached hydrogens (tertiary/aromatic N) is 3. The summed E-state index contributed by atoms with van der Waals surface area (Å²) in [7, 11) is 0. The first-order chi connectivity index (χ1) is 16.6. The number of halogens is 2. The number of hydrogen-bond acceptors (Lipinski definition) is 5. The Morgan fingerprint density at radius 3 is 2.47 bits per heavy atom. The summed E-state index contributed by atoms with van der Waals surface area (Å²) in [4.78, 5) is 4.08. The monoisotopic (exact) mass is 507 g/mol. The van der Waals surface area contributed by atoms with Crippen LogP contribution in [0.25, 0.3) is 22.2 Å². The highest BCUT2D eigenvalue weighted by Crippen LogP contribution is 2.31. The van der Waals surface area contributed by atoms with E-state index in [1.54, 1.807) is 29.2 Å². The van der Waals surface area contributed by atoms with Crippen LogP contribution in [-0.4, -0.2) is 19.9 Å². The second-order valence-corrected chi connectivity index (χ2v) is 8.71. The van der Waals surface area contributed by atoms with Crippen molar-refractivity contribution in [3.8, 4) is 17.1 Å². The van der Waals surface area contributed by atoms with Crippen LogP contribution >= 0.6 is 35.4 Å². The normalized spacial score (nSPS) is 11.0. The van der Waals surface area contributed by atoms with Crippen molar-refractivity contribution in [2.45, 2.75) is 13.2 Å². The van der Waals surface area contributed by atoms with E-state index in [2.05, 4.69) is 32.7 Å². The SMILES string of the molecule is S=c1[nH]nc(-c2ccncc2)n1NCc1c(OCc2c(Cl)cccc2Cl)ccc2ccccc12. The van der Waals surface area contributed by atoms with Crippen molar-refractivity contribution in [2.75, 3.05) is 5.43 Å². The molecule has 2 aromatic heterocycles. The molecule has 34 heavy (non-hydrogen) atoms. The van der Waals surface area contributed by atoms with Gasteiger partial charge in [-0.15, -0.1) is 0 Å². The van der Waals surface area contributed by atoms with Crippen LogP contribution in [-0.2, 0) is 13.2 Å². The van der Waals surface area contributed by atoms with E-state index in [1.165, 1.54) is 0 Å². The number of fused-ring (bicyclic) bond motifs is 1. The van der Waals surface area contributed by atoms with Crippen molar-refractivity contribution in [1.82, 2.24) is 19.9 Å². The van der Waals surface area contributed by atoms with Gasteiger partial charge in [0.2, 0.25) is 4.77 Å². The number of nitrogens with one attached hydrogen (secondary N) is 2. The highest BCUT2D eigenvalue weighted by molar-refractivity contribution is 7.71. The van der Waals surface area contributed by atoms with Crippen LogP contribution in [0.3, 0.4) is 0 Å². The van der Waals surface area contributed by atoms with Crippen molar-refractivity contribution in [1.29, 1.82) is 0 Å². The molecule has 6 nitrogen and oxygen atoms in total. The molecule has 2 N–H and O–H groups in total. The van der Waals surface area contributed by atoms with E-state index in [-0.39, 0.29) is 6.61 Å². The Morgan fingerprint density at radius 2 is 1.68 bits per heavy atom. The van der Waals surface area contributed by atoms with Crippen molar-refractivity contribution in [2.24, 2.45) is 0 Å². The van der Waals surface area contributed by atoms with Gasteiger partial charge in [0.25, 0.3) is 0 Å². The minimum absolute atomic E-state index is 0.247. The molecule has 0 aliphatic rings. The first-order valence-electron chi connectivity index (χ1n) is 10.5. The maximum Gasteiger partial charge on any atom is 0.214 e. The highest BCUT2D eigenvalue weighted by atomic mass is 35.5. The van der Waals surface area contributed by atoms with Gasteiger partial charge in [0.05, 0.1) is 6.54 Å². The zero-order valence-electron chi connectivity index (χ0n) is 17.8. The van der Waals surface area contributed by atoms with E-state index >= 15 is 0 Å². The lowest BCUT2D eigenvalue weighted by molar-refractivity contribution is 0.304. The fourth-order valence-electron chi connectivity index (χ4n) is 3.75. The third kappa shape index (κ3) is 4.50. The molecular formula is C25H19Cl2N5OS. The predicted molar refractivity (Wildman–Crippen MR) is 138 cm³/mol. The highest BCUT2D eigenvalue weighted by Gasteiger charge is 2.14. The summed E-state index contributed by atoms with van der Waals surface area (Å²) >= 11 is 18.2. The Hall–Kier alpha value is -3.39. The lowest BCUT2D eigenvalue weighted by Crippen LogP contribution is -2.17. The molecule has 0 bridgehead atoms. The molecule has 0 aliphatic carbocycles. The molecule has 0 fully saturated rings. The molecule has 0 atom stereocenters. The minimum Gasteiger partial charge on any atom is -0.488 e. The van der Waals surface area contributed by atoms with E-state index < -0.39 is 0 Å². The Kier molecular flexibility index (Phi) is 6.49. The molecule has 2 heterocycles. The largest absolute Gasteiger partial charge is 0.488 e. The fraction of sp³-hybridized carbons (Fsp3) is 0.0800. The van der Waals surface area contributed by atoms with E-state index in [0.29, 0.717) is 27.2 Å². The summed E-state index contributed by atoms with van der Waals surface area (Å²) in [5, 5.41) is 10.5. The number of H-pyrrole nitrogens is 1. The number of hydrogen-bond donors (Lipinski definition) is 2. The lowest BCUT2D eigenvalue weighted by atomic mass is 10.0. The molecule has 0 saturated carbocycles. The Labute approximate surface area is 211 Å². The van der Waals surface area contributed by atoms with Crippen molar-refractivity contribution < 1.29 is 4.74 Å².